The Balaban J connectivity index is 3.16. The van der Waals surface area contributed by atoms with E-state index >= 15 is 0 Å². The van der Waals surface area contributed by atoms with Crippen LogP contribution in [0.4, 0.5) is 0 Å². The molecule has 0 heterocycles. The van der Waals surface area contributed by atoms with Crippen LogP contribution >= 0.6 is 0 Å². The van der Waals surface area contributed by atoms with Crippen LogP contribution in [0.3, 0.4) is 0 Å². The minimum Gasteiger partial charge on any atom is -0.480 e. The number of carboxylic acid groups (broad SMARTS) is 2. The number of hydrogen-bond donors (Lipinski definition) is 3. The molecule has 0 aliphatic heterocycles. The second-order valence-electron chi connectivity index (χ2n) is 3.70. The smallest absolute Gasteiger partial charge is 0.322 e. The molecule has 1 atom stereocenters. The number of carbonyl (C=O) groups is 2. The third kappa shape index (κ3) is 1.90. The summed E-state index contributed by atoms with van der Waals surface area (Å²) in [5.41, 5.74) is 4.17. The van der Waals surface area contributed by atoms with Crippen molar-refractivity contribution >= 4 is 11.9 Å². The van der Waals surface area contributed by atoms with E-state index in [4.69, 9.17) is 15.9 Å². The largest absolute Gasteiger partial charge is 0.480 e. The first-order valence-corrected chi connectivity index (χ1v) is 4.68. The molecule has 0 spiro atoms. The second kappa shape index (κ2) is 4.32. The predicted molar refractivity (Wildman–Crippen MR) is 56.7 cm³/mol. The number of carboxylic acids is 2. The number of benzene rings is 1. The molecule has 0 aliphatic carbocycles. The molecule has 1 aromatic rings. The molecular weight excluding hydrogens is 210 g/mol. The topological polar surface area (TPSA) is 101 Å². The van der Waals surface area contributed by atoms with Gasteiger partial charge in [-0.15, -0.1) is 0 Å². The third-order valence-electron chi connectivity index (χ3n) is 2.67. The lowest BCUT2D eigenvalue weighted by Crippen LogP contribution is -2.45. The number of hydrogen-bond acceptors (Lipinski definition) is 3. The van der Waals surface area contributed by atoms with Gasteiger partial charge in [0.15, 0.2) is 5.41 Å². The van der Waals surface area contributed by atoms with E-state index in [0.717, 1.165) is 6.92 Å². The lowest BCUT2D eigenvalue weighted by molar-refractivity contribution is -0.165. The summed E-state index contributed by atoms with van der Waals surface area (Å²) in [6, 6.07) is 7.22. The molecule has 5 heteroatoms. The summed E-state index contributed by atoms with van der Waals surface area (Å²) < 4.78 is 0. The Morgan fingerprint density at radius 1 is 1.19 bits per heavy atom. The first-order chi connectivity index (χ1) is 7.40. The van der Waals surface area contributed by atoms with Crippen molar-refractivity contribution in [2.45, 2.75) is 13.0 Å². The van der Waals surface area contributed by atoms with Crippen molar-refractivity contribution in [1.29, 1.82) is 0 Å². The quantitative estimate of drug-likeness (QED) is 0.657. The molecular formula is C11H13NO4. The van der Waals surface area contributed by atoms with E-state index < -0.39 is 23.4 Å². The van der Waals surface area contributed by atoms with Gasteiger partial charge in [-0.2, -0.15) is 0 Å². The molecule has 16 heavy (non-hydrogen) atoms. The maximum Gasteiger partial charge on any atom is 0.322 e. The van der Waals surface area contributed by atoms with E-state index in [1.165, 1.54) is 0 Å². The fraction of sp³-hybridized carbons (Fsp3) is 0.273. The van der Waals surface area contributed by atoms with Crippen LogP contribution in [0.5, 0.6) is 0 Å². The van der Waals surface area contributed by atoms with Crippen molar-refractivity contribution in [2.75, 3.05) is 0 Å². The number of rotatable bonds is 4. The normalized spacial score (nSPS) is 13.1. The Hall–Kier alpha value is -1.88. The van der Waals surface area contributed by atoms with E-state index in [2.05, 4.69) is 0 Å². The van der Waals surface area contributed by atoms with Gasteiger partial charge in [0, 0.05) is 0 Å². The van der Waals surface area contributed by atoms with Crippen LogP contribution in [-0.4, -0.2) is 22.2 Å². The van der Waals surface area contributed by atoms with Crippen LogP contribution in [0.25, 0.3) is 0 Å². The molecule has 0 saturated carbocycles. The van der Waals surface area contributed by atoms with E-state index in [9.17, 15) is 9.59 Å². The SMILES string of the molecule is CC(C(=O)O)(C(=O)O)C(N)c1ccccc1. The maximum atomic E-state index is 11.0. The lowest BCUT2D eigenvalue weighted by atomic mass is 9.79. The summed E-state index contributed by atoms with van der Waals surface area (Å²) in [4.78, 5) is 22.0. The van der Waals surface area contributed by atoms with Gasteiger partial charge < -0.3 is 15.9 Å². The van der Waals surface area contributed by atoms with E-state index in [1.54, 1.807) is 30.3 Å². The van der Waals surface area contributed by atoms with Gasteiger partial charge in [-0.05, 0) is 12.5 Å². The Morgan fingerprint density at radius 2 is 1.62 bits per heavy atom. The van der Waals surface area contributed by atoms with Gasteiger partial charge in [-0.25, -0.2) is 0 Å². The minimum absolute atomic E-state index is 0.481. The van der Waals surface area contributed by atoms with Gasteiger partial charge in [0.05, 0.1) is 6.04 Å². The first kappa shape index (κ1) is 12.2. The summed E-state index contributed by atoms with van der Waals surface area (Å²) in [6.45, 7) is 1.11. The standard InChI is InChI=1S/C11H13NO4/c1-11(9(13)14,10(15)16)8(12)7-5-3-2-4-6-7/h2-6,8H,12H2,1H3,(H,13,14)(H,15,16). The first-order valence-electron chi connectivity index (χ1n) is 4.68. The van der Waals surface area contributed by atoms with Crippen molar-refractivity contribution in [3.05, 3.63) is 35.9 Å². The zero-order valence-corrected chi connectivity index (χ0v) is 8.75. The molecule has 1 aromatic carbocycles. The van der Waals surface area contributed by atoms with Crippen LogP contribution in [-0.2, 0) is 9.59 Å². The van der Waals surface area contributed by atoms with E-state index in [0.29, 0.717) is 5.56 Å². The average molecular weight is 223 g/mol. The zero-order valence-electron chi connectivity index (χ0n) is 8.75. The van der Waals surface area contributed by atoms with Gasteiger partial charge in [-0.3, -0.25) is 9.59 Å². The Labute approximate surface area is 92.5 Å². The van der Waals surface area contributed by atoms with Crippen molar-refractivity contribution < 1.29 is 19.8 Å². The highest BCUT2D eigenvalue weighted by atomic mass is 16.4. The molecule has 4 N–H and O–H groups in total. The van der Waals surface area contributed by atoms with E-state index in [-0.39, 0.29) is 0 Å². The minimum atomic E-state index is -2.03. The van der Waals surface area contributed by atoms with Gasteiger partial charge >= 0.3 is 11.9 Å². The van der Waals surface area contributed by atoms with Crippen LogP contribution in [0.1, 0.15) is 18.5 Å². The van der Waals surface area contributed by atoms with Crippen LogP contribution in [0.2, 0.25) is 0 Å². The Kier molecular flexibility index (Phi) is 3.29. The molecule has 1 unspecified atom stereocenters. The Bertz CT molecular complexity index is 388. The molecule has 0 saturated heterocycles. The van der Waals surface area contributed by atoms with Crippen molar-refractivity contribution in [1.82, 2.24) is 0 Å². The summed E-state index contributed by atoms with van der Waals surface area (Å²) >= 11 is 0. The van der Waals surface area contributed by atoms with Crippen molar-refractivity contribution in [2.24, 2.45) is 11.1 Å². The van der Waals surface area contributed by atoms with Gasteiger partial charge in [0.2, 0.25) is 0 Å². The van der Waals surface area contributed by atoms with Crippen molar-refractivity contribution in [3.8, 4) is 0 Å². The van der Waals surface area contributed by atoms with Crippen LogP contribution in [0, 0.1) is 5.41 Å². The second-order valence-corrected chi connectivity index (χ2v) is 3.70. The van der Waals surface area contributed by atoms with Crippen LogP contribution in [0.15, 0.2) is 30.3 Å². The fourth-order valence-electron chi connectivity index (χ4n) is 1.35. The number of aliphatic carboxylic acids is 2. The Morgan fingerprint density at radius 3 is 2.00 bits per heavy atom. The molecule has 0 amide bonds. The highest BCUT2D eigenvalue weighted by molar-refractivity contribution is 5.98. The van der Waals surface area contributed by atoms with Crippen LogP contribution < -0.4 is 5.73 Å². The predicted octanol–water partition coefficient (Wildman–Crippen LogP) is 0.862. The third-order valence-corrected chi connectivity index (χ3v) is 2.67. The van der Waals surface area contributed by atoms with Gasteiger partial charge in [-0.1, -0.05) is 30.3 Å². The molecule has 0 aliphatic rings. The fourth-order valence-corrected chi connectivity index (χ4v) is 1.35. The molecule has 0 bridgehead atoms. The molecule has 5 nitrogen and oxygen atoms in total. The molecule has 0 aromatic heterocycles. The summed E-state index contributed by atoms with van der Waals surface area (Å²) in [6.07, 6.45) is 0. The van der Waals surface area contributed by atoms with Gasteiger partial charge in [0.1, 0.15) is 0 Å². The molecule has 1 rings (SSSR count). The van der Waals surface area contributed by atoms with Gasteiger partial charge in [0.25, 0.3) is 0 Å². The molecule has 0 fully saturated rings. The molecule has 0 radical (unpaired) electrons. The lowest BCUT2D eigenvalue weighted by Gasteiger charge is -2.27. The monoisotopic (exact) mass is 223 g/mol. The van der Waals surface area contributed by atoms with E-state index in [1.807, 2.05) is 0 Å². The highest BCUT2D eigenvalue weighted by Crippen LogP contribution is 2.32. The summed E-state index contributed by atoms with van der Waals surface area (Å²) in [5.74, 6) is -2.90. The maximum absolute atomic E-state index is 11.0. The average Bonchev–Trinajstić information content (AvgIpc) is 2.27. The zero-order chi connectivity index (χ0) is 12.3. The highest BCUT2D eigenvalue weighted by Gasteiger charge is 2.47. The van der Waals surface area contributed by atoms with Crippen molar-refractivity contribution in [3.63, 3.8) is 0 Å². The molecule has 86 valence electrons. The summed E-state index contributed by atoms with van der Waals surface area (Å²) in [7, 11) is 0. The summed E-state index contributed by atoms with van der Waals surface area (Å²) in [5, 5.41) is 17.9. The number of nitrogens with two attached hydrogens (primary N) is 1.